The number of carboxylic acid groups (broad SMARTS) is 1. The summed E-state index contributed by atoms with van der Waals surface area (Å²) in [6.45, 7) is 3.47. The molecule has 0 fully saturated rings. The van der Waals surface area contributed by atoms with Crippen molar-refractivity contribution < 1.29 is 27.4 Å². The number of hydrogen-bond acceptors (Lipinski definition) is 6. The van der Waals surface area contributed by atoms with E-state index in [-0.39, 0.29) is 22.9 Å². The van der Waals surface area contributed by atoms with Crippen LogP contribution in [0.3, 0.4) is 0 Å². The fourth-order valence-electron chi connectivity index (χ4n) is 1.55. The van der Waals surface area contributed by atoms with Gasteiger partial charge in [-0.2, -0.15) is 8.42 Å². The fraction of sp³-hybridized carbons (Fsp3) is 0.417. The molecule has 116 valence electrons. The van der Waals surface area contributed by atoms with Gasteiger partial charge in [-0.05, 0) is 24.5 Å². The van der Waals surface area contributed by atoms with Crippen molar-refractivity contribution >= 4 is 21.8 Å². The molecule has 0 unspecified atom stereocenters. The number of nitro benzene ring substituents is 1. The average Bonchev–Trinajstić information content (AvgIpc) is 2.37. The Labute approximate surface area is 121 Å². The molecule has 0 saturated carbocycles. The quantitative estimate of drug-likeness (QED) is 0.462. The number of aliphatic carboxylic acids is 1. The third kappa shape index (κ3) is 4.80. The average molecular weight is 317 g/mol. The maximum Gasteiger partial charge on any atom is 0.334 e. The molecule has 1 N–H and O–H groups in total. The second-order valence-corrected chi connectivity index (χ2v) is 6.33. The normalized spacial score (nSPS) is 13.1. The highest BCUT2D eigenvalue weighted by molar-refractivity contribution is 7.86. The zero-order chi connectivity index (χ0) is 16.2. The molecule has 0 amide bonds. The molecule has 0 bridgehead atoms. The van der Waals surface area contributed by atoms with E-state index < -0.39 is 27.1 Å². The Balaban J connectivity index is 2.98. The van der Waals surface area contributed by atoms with E-state index in [1.54, 1.807) is 13.8 Å². The van der Waals surface area contributed by atoms with Crippen molar-refractivity contribution in [2.24, 2.45) is 5.92 Å². The first-order chi connectivity index (χ1) is 9.63. The van der Waals surface area contributed by atoms with Crippen molar-refractivity contribution in [2.75, 3.05) is 0 Å². The summed E-state index contributed by atoms with van der Waals surface area (Å²) in [5.41, 5.74) is -0.272. The lowest BCUT2D eigenvalue weighted by Gasteiger charge is -2.15. The fourth-order valence-corrected chi connectivity index (χ4v) is 2.60. The summed E-state index contributed by atoms with van der Waals surface area (Å²) in [6, 6.07) is 4.02. The number of benzene rings is 1. The Kier molecular flexibility index (Phi) is 5.39. The highest BCUT2D eigenvalue weighted by atomic mass is 32.2. The number of rotatable bonds is 7. The van der Waals surface area contributed by atoms with Crippen molar-refractivity contribution in [3.05, 3.63) is 34.4 Å². The van der Waals surface area contributed by atoms with Gasteiger partial charge in [0.25, 0.3) is 15.8 Å². The number of hydrogen-bond donors (Lipinski definition) is 1. The third-order valence-electron chi connectivity index (χ3n) is 2.54. The summed E-state index contributed by atoms with van der Waals surface area (Å²) in [5.74, 6) is -1.45. The first-order valence-corrected chi connectivity index (χ1v) is 7.45. The van der Waals surface area contributed by atoms with Gasteiger partial charge < -0.3 is 5.11 Å². The van der Waals surface area contributed by atoms with Crippen molar-refractivity contribution in [1.82, 2.24) is 0 Å². The topological polar surface area (TPSA) is 124 Å². The molecule has 0 aromatic heterocycles. The summed E-state index contributed by atoms with van der Waals surface area (Å²) in [4.78, 5) is 20.5. The minimum Gasteiger partial charge on any atom is -0.479 e. The van der Waals surface area contributed by atoms with Crippen LogP contribution in [0.4, 0.5) is 5.69 Å². The van der Waals surface area contributed by atoms with Gasteiger partial charge in [-0.15, -0.1) is 0 Å². The van der Waals surface area contributed by atoms with Crippen LogP contribution in [-0.4, -0.2) is 30.5 Å². The van der Waals surface area contributed by atoms with E-state index in [0.717, 1.165) is 24.3 Å². The van der Waals surface area contributed by atoms with Crippen molar-refractivity contribution in [3.8, 4) is 0 Å². The van der Waals surface area contributed by atoms with Crippen molar-refractivity contribution in [3.63, 3.8) is 0 Å². The van der Waals surface area contributed by atoms with Crippen LogP contribution in [0.2, 0.25) is 0 Å². The molecule has 9 heteroatoms. The van der Waals surface area contributed by atoms with Gasteiger partial charge in [-0.25, -0.2) is 4.79 Å². The summed E-state index contributed by atoms with van der Waals surface area (Å²) >= 11 is 0. The third-order valence-corrected chi connectivity index (χ3v) is 3.88. The van der Waals surface area contributed by atoms with Gasteiger partial charge in [0, 0.05) is 12.1 Å². The number of carboxylic acids is 1. The first-order valence-electron chi connectivity index (χ1n) is 6.04. The lowest BCUT2D eigenvalue weighted by atomic mass is 10.1. The molecule has 1 aromatic carbocycles. The van der Waals surface area contributed by atoms with Gasteiger partial charge >= 0.3 is 5.97 Å². The minimum absolute atomic E-state index is 0.0293. The summed E-state index contributed by atoms with van der Waals surface area (Å²) < 4.78 is 28.6. The molecule has 1 aromatic rings. The zero-order valence-electron chi connectivity index (χ0n) is 11.4. The number of nitro groups is 1. The monoisotopic (exact) mass is 317 g/mol. The van der Waals surface area contributed by atoms with E-state index in [4.69, 9.17) is 9.29 Å². The second kappa shape index (κ2) is 6.64. The lowest BCUT2D eigenvalue weighted by Crippen LogP contribution is -2.28. The minimum atomic E-state index is -4.30. The predicted octanol–water partition coefficient (Wildman–Crippen LogP) is 1.80. The first kappa shape index (κ1) is 17.1. The van der Waals surface area contributed by atoms with Crippen LogP contribution < -0.4 is 0 Å². The maximum atomic E-state index is 12.0. The number of carbonyl (C=O) groups is 1. The van der Waals surface area contributed by atoms with Gasteiger partial charge in [0.05, 0.1) is 9.82 Å². The molecular formula is C12H15NO7S. The maximum absolute atomic E-state index is 12.0. The number of non-ortho nitro benzene ring substituents is 1. The summed E-state index contributed by atoms with van der Waals surface area (Å²) in [5, 5.41) is 19.5. The molecule has 1 rings (SSSR count). The Morgan fingerprint density at radius 1 is 1.33 bits per heavy atom. The van der Waals surface area contributed by atoms with Crippen LogP contribution in [0.5, 0.6) is 0 Å². The van der Waals surface area contributed by atoms with E-state index in [1.165, 1.54) is 0 Å². The Morgan fingerprint density at radius 3 is 2.24 bits per heavy atom. The largest absolute Gasteiger partial charge is 0.479 e. The molecule has 8 nitrogen and oxygen atoms in total. The Bertz CT molecular complexity index is 622. The molecule has 0 aliphatic heterocycles. The van der Waals surface area contributed by atoms with Crippen LogP contribution in [0, 0.1) is 16.0 Å². The molecule has 1 atom stereocenters. The highest BCUT2D eigenvalue weighted by Gasteiger charge is 2.28. The van der Waals surface area contributed by atoms with Gasteiger partial charge in [-0.1, -0.05) is 13.8 Å². The Morgan fingerprint density at radius 2 is 1.86 bits per heavy atom. The molecule has 0 heterocycles. The van der Waals surface area contributed by atoms with E-state index >= 15 is 0 Å². The van der Waals surface area contributed by atoms with Crippen LogP contribution in [0.25, 0.3) is 0 Å². The van der Waals surface area contributed by atoms with Gasteiger partial charge in [0.15, 0.2) is 6.10 Å². The van der Waals surface area contributed by atoms with E-state index in [9.17, 15) is 23.3 Å². The summed E-state index contributed by atoms with van der Waals surface area (Å²) in [7, 11) is -4.30. The molecule has 0 radical (unpaired) electrons. The highest BCUT2D eigenvalue weighted by Crippen LogP contribution is 2.20. The Hall–Kier alpha value is -2.00. The predicted molar refractivity (Wildman–Crippen MR) is 72.2 cm³/mol. The molecule has 0 saturated heterocycles. The van der Waals surface area contributed by atoms with Crippen LogP contribution in [0.15, 0.2) is 29.2 Å². The van der Waals surface area contributed by atoms with Crippen LogP contribution >= 0.6 is 0 Å². The second-order valence-electron chi connectivity index (χ2n) is 4.76. The smallest absolute Gasteiger partial charge is 0.334 e. The van der Waals surface area contributed by atoms with Gasteiger partial charge in [-0.3, -0.25) is 14.3 Å². The molecular weight excluding hydrogens is 302 g/mol. The van der Waals surface area contributed by atoms with Gasteiger partial charge in [0.2, 0.25) is 0 Å². The van der Waals surface area contributed by atoms with Crippen LogP contribution in [0.1, 0.15) is 20.3 Å². The SMILES string of the molecule is CC(C)C[C@@H](OS(=O)(=O)c1ccc([N+](=O)[O-])cc1)C(=O)O. The van der Waals surface area contributed by atoms with Crippen molar-refractivity contribution in [2.45, 2.75) is 31.3 Å². The van der Waals surface area contributed by atoms with Crippen molar-refractivity contribution in [1.29, 1.82) is 0 Å². The van der Waals surface area contributed by atoms with E-state index in [0.29, 0.717) is 0 Å². The molecule has 0 spiro atoms. The zero-order valence-corrected chi connectivity index (χ0v) is 12.2. The molecule has 21 heavy (non-hydrogen) atoms. The lowest BCUT2D eigenvalue weighted by molar-refractivity contribution is -0.384. The van der Waals surface area contributed by atoms with E-state index in [1.807, 2.05) is 0 Å². The van der Waals surface area contributed by atoms with Gasteiger partial charge in [0.1, 0.15) is 0 Å². The molecule has 0 aliphatic carbocycles. The number of nitrogens with zero attached hydrogens (tertiary/aromatic N) is 1. The molecule has 0 aliphatic rings. The van der Waals surface area contributed by atoms with E-state index in [2.05, 4.69) is 0 Å². The summed E-state index contributed by atoms with van der Waals surface area (Å²) in [6.07, 6.45) is -1.47. The standard InChI is InChI=1S/C12H15NO7S/c1-8(2)7-11(12(14)15)20-21(18,19)10-5-3-9(4-6-10)13(16)17/h3-6,8,11H,7H2,1-2H3,(H,14,15)/t11-/m1/s1. The van der Waals surface area contributed by atoms with Crippen LogP contribution in [-0.2, 0) is 19.1 Å².